The molecular formula is C25H44O2. The summed E-state index contributed by atoms with van der Waals surface area (Å²) in [5.74, 6) is 4.69. The van der Waals surface area contributed by atoms with Gasteiger partial charge in [0.05, 0.1) is 5.60 Å². The molecule has 0 radical (unpaired) electrons. The van der Waals surface area contributed by atoms with Crippen LogP contribution in [0.4, 0.5) is 0 Å². The maximum atomic E-state index is 6.56. The van der Waals surface area contributed by atoms with Crippen LogP contribution in [-0.4, -0.2) is 19.5 Å². The van der Waals surface area contributed by atoms with Gasteiger partial charge in [-0.15, -0.1) is 0 Å². The molecule has 4 aliphatic rings. The molecule has 4 fully saturated rings. The van der Waals surface area contributed by atoms with E-state index in [0.29, 0.717) is 17.6 Å². The molecule has 0 aromatic heterocycles. The maximum Gasteiger partial charge on any atom is 0.147 e. The molecule has 4 saturated carbocycles. The van der Waals surface area contributed by atoms with Crippen LogP contribution in [-0.2, 0) is 9.47 Å². The Balaban J connectivity index is 1.63. The lowest BCUT2D eigenvalue weighted by atomic mass is 9.42. The molecule has 4 rings (SSSR count). The molecule has 0 spiro atoms. The molecule has 8 atom stereocenters. The second-order valence-corrected chi connectivity index (χ2v) is 11.1. The molecule has 156 valence electrons. The zero-order valence-electron chi connectivity index (χ0n) is 18.7. The van der Waals surface area contributed by atoms with Gasteiger partial charge in [-0.3, -0.25) is 0 Å². The summed E-state index contributed by atoms with van der Waals surface area (Å²) in [6, 6.07) is 0. The highest BCUT2D eigenvalue weighted by Crippen LogP contribution is 2.70. The van der Waals surface area contributed by atoms with Gasteiger partial charge in [0, 0.05) is 7.11 Å². The second-order valence-electron chi connectivity index (χ2n) is 11.1. The lowest BCUT2D eigenvalue weighted by molar-refractivity contribution is -0.211. The second kappa shape index (κ2) is 7.31. The fourth-order valence-electron chi connectivity index (χ4n) is 9.06. The average Bonchev–Trinajstić information content (AvgIpc) is 2.94. The number of rotatable bonds is 5. The first kappa shape index (κ1) is 20.2. The fourth-order valence-corrected chi connectivity index (χ4v) is 9.06. The summed E-state index contributed by atoms with van der Waals surface area (Å²) in [7, 11) is 1.78. The Hall–Kier alpha value is -0.0800. The largest absolute Gasteiger partial charge is 0.359 e. The SMILES string of the molecule is CCCC1(OCOC)CC[C@H]2[C@@H]3CCC4CCCC(C)[C@]4(C)[C@@H]3CC[C@@]21C. The summed E-state index contributed by atoms with van der Waals surface area (Å²) in [6.07, 6.45) is 15.3. The van der Waals surface area contributed by atoms with E-state index in [1.54, 1.807) is 7.11 Å². The van der Waals surface area contributed by atoms with Crippen LogP contribution >= 0.6 is 0 Å². The first-order valence-electron chi connectivity index (χ1n) is 12.1. The van der Waals surface area contributed by atoms with E-state index in [1.807, 2.05) is 0 Å². The highest BCUT2D eigenvalue weighted by Gasteiger charge is 2.65. The Bertz CT molecular complexity index is 532. The molecule has 0 amide bonds. The first-order valence-corrected chi connectivity index (χ1v) is 12.1. The minimum Gasteiger partial charge on any atom is -0.359 e. The molecule has 4 aliphatic carbocycles. The van der Waals surface area contributed by atoms with Crippen molar-refractivity contribution in [1.82, 2.24) is 0 Å². The topological polar surface area (TPSA) is 18.5 Å². The predicted molar refractivity (Wildman–Crippen MR) is 111 cm³/mol. The smallest absolute Gasteiger partial charge is 0.147 e. The fraction of sp³-hybridized carbons (Fsp3) is 1.00. The average molecular weight is 377 g/mol. The van der Waals surface area contributed by atoms with Crippen molar-refractivity contribution in [2.75, 3.05) is 13.9 Å². The number of ether oxygens (including phenoxy) is 2. The van der Waals surface area contributed by atoms with Gasteiger partial charge in [-0.1, -0.05) is 47.0 Å². The van der Waals surface area contributed by atoms with Crippen LogP contribution in [0.25, 0.3) is 0 Å². The lowest BCUT2D eigenvalue weighted by Crippen LogP contribution is -2.58. The van der Waals surface area contributed by atoms with Crippen LogP contribution in [0, 0.1) is 40.4 Å². The van der Waals surface area contributed by atoms with Gasteiger partial charge < -0.3 is 9.47 Å². The summed E-state index contributed by atoms with van der Waals surface area (Å²) in [5.41, 5.74) is 1.01. The summed E-state index contributed by atoms with van der Waals surface area (Å²) in [4.78, 5) is 0. The van der Waals surface area contributed by atoms with Crippen molar-refractivity contribution in [2.45, 2.75) is 104 Å². The van der Waals surface area contributed by atoms with Gasteiger partial charge in [0.25, 0.3) is 0 Å². The first-order chi connectivity index (χ1) is 12.9. The van der Waals surface area contributed by atoms with Gasteiger partial charge in [-0.2, -0.15) is 0 Å². The molecule has 2 heteroatoms. The Morgan fingerprint density at radius 2 is 1.70 bits per heavy atom. The van der Waals surface area contributed by atoms with Gasteiger partial charge in [0.1, 0.15) is 6.79 Å². The van der Waals surface area contributed by atoms with E-state index in [0.717, 1.165) is 29.6 Å². The van der Waals surface area contributed by atoms with Crippen LogP contribution < -0.4 is 0 Å². The van der Waals surface area contributed by atoms with Crippen molar-refractivity contribution in [3.8, 4) is 0 Å². The highest BCUT2D eigenvalue weighted by atomic mass is 16.7. The lowest BCUT2D eigenvalue weighted by Gasteiger charge is -2.63. The third-order valence-electron chi connectivity index (χ3n) is 10.6. The molecule has 3 unspecified atom stereocenters. The minimum absolute atomic E-state index is 0.0589. The third kappa shape index (κ3) is 2.79. The molecule has 0 saturated heterocycles. The van der Waals surface area contributed by atoms with Crippen LogP contribution in [0.2, 0.25) is 0 Å². The summed E-state index contributed by atoms with van der Waals surface area (Å²) in [6.45, 7) is 10.7. The number of hydrogen-bond donors (Lipinski definition) is 0. The number of hydrogen-bond acceptors (Lipinski definition) is 2. The monoisotopic (exact) mass is 376 g/mol. The zero-order chi connectivity index (χ0) is 19.3. The highest BCUT2D eigenvalue weighted by molar-refractivity contribution is 5.14. The maximum absolute atomic E-state index is 6.56. The molecule has 0 aromatic rings. The molecule has 0 aliphatic heterocycles. The van der Waals surface area contributed by atoms with E-state index in [4.69, 9.17) is 9.47 Å². The van der Waals surface area contributed by atoms with Crippen LogP contribution in [0.1, 0.15) is 98.3 Å². The molecule has 0 aromatic carbocycles. The van der Waals surface area contributed by atoms with Crippen LogP contribution in [0.3, 0.4) is 0 Å². The molecule has 0 N–H and O–H groups in total. The summed E-state index contributed by atoms with van der Waals surface area (Å²) < 4.78 is 11.9. The Morgan fingerprint density at radius 1 is 0.926 bits per heavy atom. The van der Waals surface area contributed by atoms with E-state index in [1.165, 1.54) is 70.6 Å². The van der Waals surface area contributed by atoms with Crippen LogP contribution in [0.5, 0.6) is 0 Å². The van der Waals surface area contributed by atoms with Gasteiger partial charge >= 0.3 is 0 Å². The van der Waals surface area contributed by atoms with Crippen molar-refractivity contribution < 1.29 is 9.47 Å². The van der Waals surface area contributed by atoms with Crippen molar-refractivity contribution >= 4 is 0 Å². The van der Waals surface area contributed by atoms with E-state index in [-0.39, 0.29) is 5.60 Å². The summed E-state index contributed by atoms with van der Waals surface area (Å²) in [5, 5.41) is 0. The van der Waals surface area contributed by atoms with Crippen LogP contribution in [0.15, 0.2) is 0 Å². The molecule has 2 nitrogen and oxygen atoms in total. The van der Waals surface area contributed by atoms with Crippen molar-refractivity contribution in [2.24, 2.45) is 40.4 Å². The molecule has 0 heterocycles. The Kier molecular flexibility index (Phi) is 5.47. The van der Waals surface area contributed by atoms with E-state index in [2.05, 4.69) is 27.7 Å². The minimum atomic E-state index is 0.0589. The van der Waals surface area contributed by atoms with Crippen molar-refractivity contribution in [3.05, 3.63) is 0 Å². The Labute approximate surface area is 168 Å². The van der Waals surface area contributed by atoms with Gasteiger partial charge in [0.2, 0.25) is 0 Å². The normalized spacial score (nSPS) is 52.1. The molecular weight excluding hydrogens is 332 g/mol. The van der Waals surface area contributed by atoms with Gasteiger partial charge in [0.15, 0.2) is 0 Å². The third-order valence-corrected chi connectivity index (χ3v) is 10.6. The van der Waals surface area contributed by atoms with Gasteiger partial charge in [-0.05, 0) is 91.8 Å². The zero-order valence-corrected chi connectivity index (χ0v) is 18.7. The van der Waals surface area contributed by atoms with Crippen molar-refractivity contribution in [3.63, 3.8) is 0 Å². The van der Waals surface area contributed by atoms with E-state index < -0.39 is 0 Å². The molecule has 0 bridgehead atoms. The van der Waals surface area contributed by atoms with E-state index >= 15 is 0 Å². The number of fused-ring (bicyclic) bond motifs is 5. The van der Waals surface area contributed by atoms with Crippen molar-refractivity contribution in [1.29, 1.82) is 0 Å². The summed E-state index contributed by atoms with van der Waals surface area (Å²) >= 11 is 0. The van der Waals surface area contributed by atoms with Gasteiger partial charge in [-0.25, -0.2) is 0 Å². The molecule has 27 heavy (non-hydrogen) atoms. The Morgan fingerprint density at radius 3 is 2.44 bits per heavy atom. The standard InChI is InChI=1S/C25H44O2/c1-6-14-25(27-17-26-5)16-13-21-20-11-10-19-9-7-8-18(2)24(19,4)22(20)12-15-23(21,25)3/h18-22H,6-17H2,1-5H3/t18?,19?,20-,21-,22+,23-,24-,25?/m0/s1. The predicted octanol–water partition coefficient (Wildman–Crippen LogP) is 6.82. The quantitative estimate of drug-likeness (QED) is 0.490. The number of methoxy groups -OCH3 is 1. The van der Waals surface area contributed by atoms with E-state index in [9.17, 15) is 0 Å².